The maximum Gasteiger partial charge on any atom is 0.410 e. The molecule has 0 aliphatic carbocycles. The summed E-state index contributed by atoms with van der Waals surface area (Å²) in [5.41, 5.74) is -0.794. The Balaban J connectivity index is 1.88. The van der Waals surface area contributed by atoms with Crippen LogP contribution in [-0.4, -0.2) is 47.7 Å². The molecule has 0 unspecified atom stereocenters. The molecule has 0 aromatic rings. The molecule has 0 N–H and O–H groups in total. The molecule has 2 heterocycles. The number of piperidine rings is 1. The number of ketones is 1. The van der Waals surface area contributed by atoms with Crippen molar-refractivity contribution >= 4 is 11.9 Å². The lowest BCUT2D eigenvalue weighted by atomic mass is 9.84. The first-order valence-corrected chi connectivity index (χ1v) is 6.93. The van der Waals surface area contributed by atoms with Crippen LogP contribution >= 0.6 is 0 Å². The minimum Gasteiger partial charge on any atom is -0.444 e. The number of hydrogen-bond donors (Lipinski definition) is 0. The highest BCUT2D eigenvalue weighted by Crippen LogP contribution is 2.33. The van der Waals surface area contributed by atoms with Gasteiger partial charge in [0.15, 0.2) is 0 Å². The Labute approximate surface area is 114 Å². The molecular weight excluding hydrogens is 246 g/mol. The van der Waals surface area contributed by atoms with Crippen molar-refractivity contribution in [1.29, 1.82) is 0 Å². The van der Waals surface area contributed by atoms with E-state index in [-0.39, 0.29) is 17.5 Å². The van der Waals surface area contributed by atoms with E-state index in [0.29, 0.717) is 32.5 Å². The summed E-state index contributed by atoms with van der Waals surface area (Å²) in [7, 11) is 0. The first kappa shape index (κ1) is 14.3. The van der Waals surface area contributed by atoms with Gasteiger partial charge in [0.25, 0.3) is 0 Å². The Morgan fingerprint density at radius 1 is 1.32 bits per heavy atom. The summed E-state index contributed by atoms with van der Waals surface area (Å²) in [6.45, 7) is 7.30. The number of likely N-dealkylation sites (tertiary alicyclic amines) is 1. The molecule has 108 valence electrons. The van der Waals surface area contributed by atoms with Crippen LogP contribution in [0.15, 0.2) is 0 Å². The molecule has 2 saturated heterocycles. The molecule has 0 atom stereocenters. The van der Waals surface area contributed by atoms with Crippen LogP contribution in [0.1, 0.15) is 46.5 Å². The smallest absolute Gasteiger partial charge is 0.410 e. The van der Waals surface area contributed by atoms with Gasteiger partial charge in [-0.2, -0.15) is 0 Å². The summed E-state index contributed by atoms with van der Waals surface area (Å²) in [6, 6.07) is 0. The number of nitrogens with zero attached hydrogens (tertiary/aromatic N) is 1. The van der Waals surface area contributed by atoms with E-state index in [2.05, 4.69) is 0 Å². The Kier molecular flexibility index (Phi) is 3.85. The highest BCUT2D eigenvalue weighted by molar-refractivity contribution is 5.80. The monoisotopic (exact) mass is 269 g/mol. The van der Waals surface area contributed by atoms with E-state index in [1.54, 1.807) is 4.90 Å². The van der Waals surface area contributed by atoms with Crippen LogP contribution in [-0.2, 0) is 14.3 Å². The van der Waals surface area contributed by atoms with Gasteiger partial charge in [-0.15, -0.1) is 0 Å². The second-order valence-corrected chi connectivity index (χ2v) is 6.46. The third-order valence-corrected chi connectivity index (χ3v) is 3.63. The number of carbonyl (C=O) groups excluding carboxylic acids is 2. The maximum atomic E-state index is 11.9. The minimum absolute atomic E-state index is 0.274. The fourth-order valence-corrected chi connectivity index (χ4v) is 2.62. The number of hydrogen-bond acceptors (Lipinski definition) is 4. The molecule has 0 saturated carbocycles. The lowest BCUT2D eigenvalue weighted by Crippen LogP contribution is -2.51. The maximum absolute atomic E-state index is 11.9. The van der Waals surface area contributed by atoms with E-state index in [1.807, 2.05) is 20.8 Å². The third-order valence-electron chi connectivity index (χ3n) is 3.63. The minimum atomic E-state index is -0.469. The van der Waals surface area contributed by atoms with Crippen molar-refractivity contribution < 1.29 is 19.1 Å². The van der Waals surface area contributed by atoms with E-state index in [0.717, 1.165) is 12.8 Å². The molecule has 0 aromatic carbocycles. The van der Waals surface area contributed by atoms with E-state index in [4.69, 9.17) is 9.47 Å². The third kappa shape index (κ3) is 3.69. The molecule has 2 aliphatic heterocycles. The summed E-state index contributed by atoms with van der Waals surface area (Å²) >= 11 is 0. The fraction of sp³-hybridized carbons (Fsp3) is 0.857. The molecule has 2 fully saturated rings. The number of ether oxygens (including phenoxy) is 2. The zero-order valence-corrected chi connectivity index (χ0v) is 12.0. The van der Waals surface area contributed by atoms with Gasteiger partial charge in [-0.05, 0) is 33.6 Å². The van der Waals surface area contributed by atoms with Gasteiger partial charge in [-0.3, -0.25) is 4.79 Å². The fourth-order valence-electron chi connectivity index (χ4n) is 2.62. The summed E-state index contributed by atoms with van der Waals surface area (Å²) in [5, 5.41) is 0. The molecule has 0 bridgehead atoms. The van der Waals surface area contributed by atoms with Crippen molar-refractivity contribution in [3.63, 3.8) is 0 Å². The zero-order valence-electron chi connectivity index (χ0n) is 12.0. The highest BCUT2D eigenvalue weighted by atomic mass is 16.6. The largest absolute Gasteiger partial charge is 0.444 e. The van der Waals surface area contributed by atoms with Crippen molar-refractivity contribution in [3.8, 4) is 0 Å². The SMILES string of the molecule is CC(C)(C)OC(=O)N1CCC2(CC1)CC(=O)CCO2. The molecule has 5 heteroatoms. The first-order chi connectivity index (χ1) is 8.80. The average Bonchev–Trinajstić information content (AvgIpc) is 2.27. The molecule has 0 aromatic heterocycles. The van der Waals surface area contributed by atoms with Crippen LogP contribution in [0, 0.1) is 0 Å². The van der Waals surface area contributed by atoms with Gasteiger partial charge >= 0.3 is 6.09 Å². The van der Waals surface area contributed by atoms with Crippen molar-refractivity contribution in [1.82, 2.24) is 4.90 Å². The van der Waals surface area contributed by atoms with Crippen molar-refractivity contribution in [2.75, 3.05) is 19.7 Å². The van der Waals surface area contributed by atoms with Crippen LogP contribution in [0.5, 0.6) is 0 Å². The Morgan fingerprint density at radius 2 is 1.95 bits per heavy atom. The molecule has 19 heavy (non-hydrogen) atoms. The Morgan fingerprint density at radius 3 is 2.47 bits per heavy atom. The van der Waals surface area contributed by atoms with Gasteiger partial charge in [-0.25, -0.2) is 4.79 Å². The second kappa shape index (κ2) is 5.12. The summed E-state index contributed by atoms with van der Waals surface area (Å²) in [6.07, 6.45) is 2.19. The zero-order chi connectivity index (χ0) is 14.1. The molecule has 1 amide bonds. The molecular formula is C14H23NO4. The quantitative estimate of drug-likeness (QED) is 0.676. The molecule has 1 spiro atoms. The van der Waals surface area contributed by atoms with Crippen LogP contribution in [0.25, 0.3) is 0 Å². The van der Waals surface area contributed by atoms with E-state index < -0.39 is 5.60 Å². The van der Waals surface area contributed by atoms with E-state index in [1.165, 1.54) is 0 Å². The van der Waals surface area contributed by atoms with Crippen molar-refractivity contribution in [2.24, 2.45) is 0 Å². The number of amides is 1. The standard InChI is InChI=1S/C14H23NO4/c1-13(2,3)19-12(17)15-7-5-14(6-8-15)10-11(16)4-9-18-14/h4-10H2,1-3H3. The highest BCUT2D eigenvalue weighted by Gasteiger charge is 2.41. The van der Waals surface area contributed by atoms with Crippen LogP contribution in [0.4, 0.5) is 4.79 Å². The van der Waals surface area contributed by atoms with Gasteiger partial charge in [-0.1, -0.05) is 0 Å². The predicted octanol–water partition coefficient (Wildman–Crippen LogP) is 2.14. The Hall–Kier alpha value is -1.10. The van der Waals surface area contributed by atoms with Gasteiger partial charge in [0.2, 0.25) is 0 Å². The number of Topliss-reactive ketones (excluding diaryl/α,β-unsaturated/α-hetero) is 1. The van der Waals surface area contributed by atoms with E-state index in [9.17, 15) is 9.59 Å². The average molecular weight is 269 g/mol. The topological polar surface area (TPSA) is 55.8 Å². The van der Waals surface area contributed by atoms with Crippen molar-refractivity contribution in [2.45, 2.75) is 57.7 Å². The molecule has 5 nitrogen and oxygen atoms in total. The lowest BCUT2D eigenvalue weighted by molar-refractivity contribution is -0.147. The normalized spacial score (nSPS) is 23.5. The van der Waals surface area contributed by atoms with Crippen LogP contribution < -0.4 is 0 Å². The van der Waals surface area contributed by atoms with Crippen LogP contribution in [0.2, 0.25) is 0 Å². The second-order valence-electron chi connectivity index (χ2n) is 6.46. The molecule has 2 rings (SSSR count). The van der Waals surface area contributed by atoms with Gasteiger partial charge < -0.3 is 14.4 Å². The lowest BCUT2D eigenvalue weighted by Gasteiger charge is -2.43. The number of carbonyl (C=O) groups is 2. The first-order valence-electron chi connectivity index (χ1n) is 6.93. The van der Waals surface area contributed by atoms with Crippen LogP contribution in [0.3, 0.4) is 0 Å². The Bertz CT molecular complexity index is 364. The molecule has 0 radical (unpaired) electrons. The molecule has 2 aliphatic rings. The summed E-state index contributed by atoms with van der Waals surface area (Å²) in [5.74, 6) is 0.275. The van der Waals surface area contributed by atoms with Crippen molar-refractivity contribution in [3.05, 3.63) is 0 Å². The van der Waals surface area contributed by atoms with Gasteiger partial charge in [0, 0.05) is 25.9 Å². The van der Waals surface area contributed by atoms with Gasteiger partial charge in [0.05, 0.1) is 12.2 Å². The summed E-state index contributed by atoms with van der Waals surface area (Å²) in [4.78, 5) is 25.2. The predicted molar refractivity (Wildman–Crippen MR) is 70.0 cm³/mol. The summed E-state index contributed by atoms with van der Waals surface area (Å²) < 4.78 is 11.2. The number of rotatable bonds is 0. The van der Waals surface area contributed by atoms with E-state index >= 15 is 0 Å². The van der Waals surface area contributed by atoms with Gasteiger partial charge in [0.1, 0.15) is 11.4 Å².